The lowest BCUT2D eigenvalue weighted by Gasteiger charge is -2.12. The topological polar surface area (TPSA) is 123 Å². The average Bonchev–Trinajstić information content (AvgIpc) is 3.66. The number of hydrogen-bond acceptors (Lipinski definition) is 9. The van der Waals surface area contributed by atoms with Crippen molar-refractivity contribution in [2.45, 2.75) is 25.1 Å². The molecule has 0 bridgehead atoms. The third-order valence-corrected chi connectivity index (χ3v) is 5.53. The number of fused-ring (bicyclic) bond motifs is 1. The Balaban J connectivity index is 1.31. The van der Waals surface area contributed by atoms with E-state index in [1.807, 2.05) is 0 Å². The smallest absolute Gasteiger partial charge is 0.422 e. The number of hydrogen-bond donors (Lipinski definition) is 1. The Labute approximate surface area is 213 Å². The van der Waals surface area contributed by atoms with E-state index in [4.69, 9.17) is 18.9 Å². The summed E-state index contributed by atoms with van der Waals surface area (Å²) in [5.41, 5.74) is 0.321. The van der Waals surface area contributed by atoms with E-state index in [9.17, 15) is 18.0 Å². The number of aromatic nitrogens is 5. The fraction of sp³-hybridized carbons (Fsp3) is 0.292. The molecule has 1 amide bonds. The molecule has 14 heteroatoms. The molecule has 1 aromatic carbocycles. The van der Waals surface area contributed by atoms with Gasteiger partial charge in [-0.05, 0) is 31.0 Å². The highest BCUT2D eigenvalue weighted by molar-refractivity contribution is 6.04. The first-order valence-electron chi connectivity index (χ1n) is 11.4. The highest BCUT2D eigenvalue weighted by atomic mass is 19.4. The average molecular weight is 530 g/mol. The molecule has 38 heavy (non-hydrogen) atoms. The number of alkyl halides is 3. The number of methoxy groups -OCH3 is 2. The van der Waals surface area contributed by atoms with Gasteiger partial charge in [-0.25, -0.2) is 0 Å². The van der Waals surface area contributed by atoms with Crippen LogP contribution in [0.5, 0.6) is 28.9 Å². The second kappa shape index (κ2) is 10.0. The van der Waals surface area contributed by atoms with Crippen LogP contribution in [0.15, 0.2) is 42.7 Å². The molecule has 11 nitrogen and oxygen atoms in total. The van der Waals surface area contributed by atoms with Crippen molar-refractivity contribution in [2.24, 2.45) is 0 Å². The zero-order valence-corrected chi connectivity index (χ0v) is 20.2. The Morgan fingerprint density at radius 3 is 2.47 bits per heavy atom. The summed E-state index contributed by atoms with van der Waals surface area (Å²) in [5, 5.41) is 15.1. The number of halogens is 3. The summed E-state index contributed by atoms with van der Waals surface area (Å²) in [6, 6.07) is 8.01. The van der Waals surface area contributed by atoms with Crippen LogP contribution in [-0.2, 0) is 0 Å². The normalized spacial score (nSPS) is 13.3. The lowest BCUT2D eigenvalue weighted by Crippen LogP contribution is -2.21. The molecular formula is C24H21F3N6O5. The molecular weight excluding hydrogens is 509 g/mol. The summed E-state index contributed by atoms with van der Waals surface area (Å²) in [4.78, 5) is 17.1. The van der Waals surface area contributed by atoms with Gasteiger partial charge in [-0.1, -0.05) is 0 Å². The van der Waals surface area contributed by atoms with Gasteiger partial charge in [-0.3, -0.25) is 14.5 Å². The van der Waals surface area contributed by atoms with Crippen molar-refractivity contribution in [3.8, 4) is 28.9 Å². The molecule has 1 fully saturated rings. The highest BCUT2D eigenvalue weighted by Crippen LogP contribution is 2.37. The molecule has 4 aromatic rings. The first kappa shape index (κ1) is 25.0. The van der Waals surface area contributed by atoms with E-state index in [1.54, 1.807) is 24.4 Å². The molecule has 0 unspecified atom stereocenters. The molecule has 3 aromatic heterocycles. The van der Waals surface area contributed by atoms with Gasteiger partial charge in [0.25, 0.3) is 5.91 Å². The second-order valence-corrected chi connectivity index (χ2v) is 8.30. The van der Waals surface area contributed by atoms with E-state index in [0.717, 1.165) is 12.8 Å². The minimum atomic E-state index is -4.56. The van der Waals surface area contributed by atoms with Crippen molar-refractivity contribution in [3.63, 3.8) is 0 Å². The molecule has 3 heterocycles. The molecule has 1 aliphatic rings. The van der Waals surface area contributed by atoms with Crippen molar-refractivity contribution in [2.75, 3.05) is 26.1 Å². The standard InChI is InChI=1S/C24H21F3N6O5/c1-35-17-9-14-15(10-18(17)36-2)28-8-7-16(14)38-21-6-5-20(30-31-21)29-23(34)22-19(37-12-24(25,26)27)11-33(32-22)13-3-4-13/h5-11,13H,3-4,12H2,1-2H3,(H,29,30,34). The Bertz CT molecular complexity index is 1470. The quantitative estimate of drug-likeness (QED) is 0.332. The number of benzene rings is 1. The monoisotopic (exact) mass is 530 g/mol. The number of carbonyl (C=O) groups excluding carboxylic acids is 1. The number of nitrogens with one attached hydrogen (secondary N) is 1. The summed E-state index contributed by atoms with van der Waals surface area (Å²) < 4.78 is 60.7. The lowest BCUT2D eigenvalue weighted by molar-refractivity contribution is -0.153. The van der Waals surface area contributed by atoms with Crippen LogP contribution in [0.4, 0.5) is 19.0 Å². The Kier molecular flexibility index (Phi) is 6.61. The van der Waals surface area contributed by atoms with Crippen LogP contribution in [0.3, 0.4) is 0 Å². The summed E-state index contributed by atoms with van der Waals surface area (Å²) in [5.74, 6) is 0.540. The minimum Gasteiger partial charge on any atom is -0.493 e. The van der Waals surface area contributed by atoms with Crippen LogP contribution in [0.2, 0.25) is 0 Å². The predicted molar refractivity (Wildman–Crippen MR) is 127 cm³/mol. The van der Waals surface area contributed by atoms with Gasteiger partial charge in [0, 0.05) is 23.7 Å². The molecule has 198 valence electrons. The van der Waals surface area contributed by atoms with Gasteiger partial charge in [0.2, 0.25) is 5.88 Å². The lowest BCUT2D eigenvalue weighted by atomic mass is 10.2. The van der Waals surface area contributed by atoms with E-state index >= 15 is 0 Å². The van der Waals surface area contributed by atoms with Crippen LogP contribution in [-0.4, -0.2) is 57.9 Å². The van der Waals surface area contributed by atoms with Crippen LogP contribution in [0.1, 0.15) is 29.4 Å². The van der Waals surface area contributed by atoms with Gasteiger partial charge in [0.1, 0.15) is 5.75 Å². The van der Waals surface area contributed by atoms with E-state index < -0.39 is 18.7 Å². The summed E-state index contributed by atoms with van der Waals surface area (Å²) in [7, 11) is 3.04. The van der Waals surface area contributed by atoms with Crippen molar-refractivity contribution in [1.82, 2.24) is 25.0 Å². The summed E-state index contributed by atoms with van der Waals surface area (Å²) in [6.45, 7) is -1.54. The van der Waals surface area contributed by atoms with E-state index in [-0.39, 0.29) is 29.2 Å². The number of carbonyl (C=O) groups is 1. The van der Waals surface area contributed by atoms with Crippen LogP contribution >= 0.6 is 0 Å². The van der Waals surface area contributed by atoms with Gasteiger partial charge in [-0.2, -0.15) is 18.3 Å². The molecule has 0 spiro atoms. The number of anilines is 1. The summed E-state index contributed by atoms with van der Waals surface area (Å²) in [6.07, 6.45) is -0.0631. The molecule has 0 saturated heterocycles. The molecule has 1 aliphatic carbocycles. The van der Waals surface area contributed by atoms with E-state index in [2.05, 4.69) is 25.6 Å². The molecule has 0 atom stereocenters. The largest absolute Gasteiger partial charge is 0.493 e. The number of nitrogens with zero attached hydrogens (tertiary/aromatic N) is 5. The van der Waals surface area contributed by atoms with Crippen molar-refractivity contribution in [3.05, 3.63) is 48.4 Å². The predicted octanol–water partition coefficient (Wildman–Crippen LogP) is 4.56. The molecule has 0 aliphatic heterocycles. The maximum Gasteiger partial charge on any atom is 0.422 e. The van der Waals surface area contributed by atoms with Gasteiger partial charge in [-0.15, -0.1) is 10.2 Å². The summed E-state index contributed by atoms with van der Waals surface area (Å²) >= 11 is 0. The van der Waals surface area contributed by atoms with Gasteiger partial charge < -0.3 is 24.3 Å². The van der Waals surface area contributed by atoms with E-state index in [0.29, 0.717) is 28.2 Å². The first-order chi connectivity index (χ1) is 18.2. The Hall–Kier alpha value is -4.62. The highest BCUT2D eigenvalue weighted by Gasteiger charge is 2.32. The minimum absolute atomic E-state index is 0.0336. The third-order valence-electron chi connectivity index (χ3n) is 5.53. The van der Waals surface area contributed by atoms with Crippen molar-refractivity contribution in [1.29, 1.82) is 0 Å². The van der Waals surface area contributed by atoms with Crippen LogP contribution < -0.4 is 24.3 Å². The van der Waals surface area contributed by atoms with Gasteiger partial charge >= 0.3 is 6.18 Å². The molecule has 0 radical (unpaired) electrons. The number of rotatable bonds is 9. The van der Waals surface area contributed by atoms with Crippen molar-refractivity contribution < 1.29 is 36.9 Å². The van der Waals surface area contributed by atoms with Crippen molar-refractivity contribution >= 4 is 22.6 Å². The van der Waals surface area contributed by atoms with Gasteiger partial charge in [0.15, 0.2) is 35.4 Å². The molecule has 1 saturated carbocycles. The SMILES string of the molecule is COc1cc2nccc(Oc3ccc(NC(=O)c4nn(C5CC5)cc4OCC(F)(F)F)nn3)c2cc1OC. The Morgan fingerprint density at radius 2 is 1.82 bits per heavy atom. The third kappa shape index (κ3) is 5.53. The number of ether oxygens (including phenoxy) is 4. The Morgan fingerprint density at radius 1 is 1.05 bits per heavy atom. The zero-order chi connectivity index (χ0) is 26.9. The number of amides is 1. The van der Waals surface area contributed by atoms with Crippen LogP contribution in [0, 0.1) is 0 Å². The molecule has 5 rings (SSSR count). The zero-order valence-electron chi connectivity index (χ0n) is 20.2. The van der Waals surface area contributed by atoms with Gasteiger partial charge in [0.05, 0.1) is 32.0 Å². The fourth-order valence-corrected chi connectivity index (χ4v) is 3.59. The fourth-order valence-electron chi connectivity index (χ4n) is 3.59. The first-order valence-corrected chi connectivity index (χ1v) is 11.4. The number of pyridine rings is 1. The van der Waals surface area contributed by atoms with Crippen LogP contribution in [0.25, 0.3) is 10.9 Å². The maximum atomic E-state index is 12.8. The van der Waals surface area contributed by atoms with E-state index in [1.165, 1.54) is 37.2 Å². The second-order valence-electron chi connectivity index (χ2n) is 8.30. The maximum absolute atomic E-state index is 12.8. The molecule has 1 N–H and O–H groups in total.